The molecule has 1 aliphatic heterocycles. The van der Waals surface area contributed by atoms with Crippen LogP contribution in [0.1, 0.15) is 17.2 Å². The normalized spacial score (nSPS) is 16.9. The van der Waals surface area contributed by atoms with Gasteiger partial charge >= 0.3 is 0 Å². The lowest BCUT2D eigenvalue weighted by Gasteiger charge is -2.14. The first-order chi connectivity index (χ1) is 8.86. The van der Waals surface area contributed by atoms with Crippen molar-refractivity contribution in [2.24, 2.45) is 0 Å². The average molecular weight is 251 g/mol. The third kappa shape index (κ3) is 2.10. The van der Waals surface area contributed by atoms with E-state index in [0.29, 0.717) is 6.04 Å². The van der Waals surface area contributed by atoms with Gasteiger partial charge in [-0.2, -0.15) is 0 Å². The van der Waals surface area contributed by atoms with E-state index < -0.39 is 0 Å². The predicted octanol–water partition coefficient (Wildman–Crippen LogP) is 3.93. The number of hydrogen-bond acceptors (Lipinski definition) is 2. The SMILES string of the molecule is C#Cc1cccc(NC2CSc3ccccc32)c1. The second-order valence-corrected chi connectivity index (χ2v) is 5.33. The number of nitrogens with one attached hydrogen (secondary N) is 1. The Morgan fingerprint density at radius 1 is 1.17 bits per heavy atom. The molecular formula is C16H13NS. The molecule has 0 bridgehead atoms. The van der Waals surface area contributed by atoms with Crippen LogP contribution in [-0.4, -0.2) is 5.75 Å². The summed E-state index contributed by atoms with van der Waals surface area (Å²) >= 11 is 1.90. The number of thioether (sulfide) groups is 1. The summed E-state index contributed by atoms with van der Waals surface area (Å²) in [6.45, 7) is 0. The number of terminal acetylenes is 1. The lowest BCUT2D eigenvalue weighted by molar-refractivity contribution is 0.900. The molecule has 2 aromatic rings. The van der Waals surface area contributed by atoms with Gasteiger partial charge in [-0.1, -0.05) is 30.2 Å². The quantitative estimate of drug-likeness (QED) is 0.812. The number of benzene rings is 2. The molecule has 0 aliphatic carbocycles. The van der Waals surface area contributed by atoms with Gasteiger partial charge in [0.2, 0.25) is 0 Å². The lowest BCUT2D eigenvalue weighted by atomic mass is 10.1. The largest absolute Gasteiger partial charge is 0.377 e. The zero-order chi connectivity index (χ0) is 12.4. The molecule has 88 valence electrons. The van der Waals surface area contributed by atoms with Crippen molar-refractivity contribution in [3.8, 4) is 12.3 Å². The molecule has 1 nitrogen and oxygen atoms in total. The molecule has 1 N–H and O–H groups in total. The summed E-state index contributed by atoms with van der Waals surface area (Å²) in [4.78, 5) is 1.38. The second kappa shape index (κ2) is 4.80. The van der Waals surface area contributed by atoms with E-state index in [1.807, 2.05) is 30.0 Å². The van der Waals surface area contributed by atoms with Crippen molar-refractivity contribution < 1.29 is 0 Å². The monoisotopic (exact) mass is 251 g/mol. The Kier molecular flexibility index (Phi) is 3.00. The van der Waals surface area contributed by atoms with E-state index >= 15 is 0 Å². The molecule has 2 aromatic carbocycles. The smallest absolute Gasteiger partial charge is 0.0618 e. The van der Waals surface area contributed by atoms with Crippen LogP contribution in [0.3, 0.4) is 0 Å². The number of fused-ring (bicyclic) bond motifs is 1. The fourth-order valence-electron chi connectivity index (χ4n) is 2.18. The summed E-state index contributed by atoms with van der Waals surface area (Å²) in [5, 5.41) is 3.56. The van der Waals surface area contributed by atoms with Gasteiger partial charge in [0.15, 0.2) is 0 Å². The Balaban J connectivity index is 1.84. The molecule has 0 saturated carbocycles. The van der Waals surface area contributed by atoms with Crippen molar-refractivity contribution in [1.29, 1.82) is 0 Å². The van der Waals surface area contributed by atoms with Gasteiger partial charge in [-0.3, -0.25) is 0 Å². The van der Waals surface area contributed by atoms with Crippen LogP contribution in [0.15, 0.2) is 53.4 Å². The molecule has 1 heterocycles. The highest BCUT2D eigenvalue weighted by molar-refractivity contribution is 7.99. The Morgan fingerprint density at radius 3 is 2.94 bits per heavy atom. The van der Waals surface area contributed by atoms with E-state index in [4.69, 9.17) is 6.42 Å². The number of anilines is 1. The van der Waals surface area contributed by atoms with Gasteiger partial charge in [-0.15, -0.1) is 18.2 Å². The first-order valence-electron chi connectivity index (χ1n) is 5.92. The van der Waals surface area contributed by atoms with E-state index in [-0.39, 0.29) is 0 Å². The third-order valence-electron chi connectivity index (χ3n) is 3.07. The summed E-state index contributed by atoms with van der Waals surface area (Å²) in [5.74, 6) is 3.74. The molecule has 3 rings (SSSR count). The van der Waals surface area contributed by atoms with E-state index in [2.05, 4.69) is 41.6 Å². The Bertz CT molecular complexity index is 612. The zero-order valence-corrected chi connectivity index (χ0v) is 10.7. The van der Waals surface area contributed by atoms with Gasteiger partial charge in [-0.05, 0) is 29.8 Å². The molecule has 0 fully saturated rings. The summed E-state index contributed by atoms with van der Waals surface area (Å²) in [7, 11) is 0. The highest BCUT2D eigenvalue weighted by Crippen LogP contribution is 2.39. The fourth-order valence-corrected chi connectivity index (χ4v) is 3.34. The van der Waals surface area contributed by atoms with Gasteiger partial charge in [0, 0.05) is 21.9 Å². The van der Waals surface area contributed by atoms with Crippen LogP contribution in [0, 0.1) is 12.3 Å². The minimum Gasteiger partial charge on any atom is -0.377 e. The van der Waals surface area contributed by atoms with E-state index in [0.717, 1.165) is 17.0 Å². The first-order valence-corrected chi connectivity index (χ1v) is 6.90. The van der Waals surface area contributed by atoms with Crippen LogP contribution in [0.25, 0.3) is 0 Å². The topological polar surface area (TPSA) is 12.0 Å². The van der Waals surface area contributed by atoms with E-state index in [9.17, 15) is 0 Å². The standard InChI is InChI=1S/C16H13NS/c1-2-12-6-5-7-13(10-12)17-15-11-18-16-9-4-3-8-14(15)16/h1,3-10,15,17H,11H2. The van der Waals surface area contributed by atoms with Crippen LogP contribution in [0.5, 0.6) is 0 Å². The minimum absolute atomic E-state index is 0.374. The molecule has 1 atom stereocenters. The molecular weight excluding hydrogens is 238 g/mol. The second-order valence-electron chi connectivity index (χ2n) is 4.27. The number of hydrogen-bond donors (Lipinski definition) is 1. The van der Waals surface area contributed by atoms with Crippen molar-refractivity contribution in [3.05, 3.63) is 59.7 Å². The zero-order valence-electron chi connectivity index (χ0n) is 9.89. The highest BCUT2D eigenvalue weighted by atomic mass is 32.2. The van der Waals surface area contributed by atoms with Gasteiger partial charge in [0.25, 0.3) is 0 Å². The Morgan fingerprint density at radius 2 is 2.06 bits per heavy atom. The maximum Gasteiger partial charge on any atom is 0.0618 e. The molecule has 0 amide bonds. The fraction of sp³-hybridized carbons (Fsp3) is 0.125. The molecule has 0 radical (unpaired) electrons. The third-order valence-corrected chi connectivity index (χ3v) is 4.25. The van der Waals surface area contributed by atoms with Gasteiger partial charge < -0.3 is 5.32 Å². The highest BCUT2D eigenvalue weighted by Gasteiger charge is 2.22. The maximum absolute atomic E-state index is 5.42. The summed E-state index contributed by atoms with van der Waals surface area (Å²) in [6, 6.07) is 17.0. The van der Waals surface area contributed by atoms with Crippen LogP contribution in [-0.2, 0) is 0 Å². The van der Waals surface area contributed by atoms with Crippen molar-refractivity contribution in [3.63, 3.8) is 0 Å². The van der Waals surface area contributed by atoms with Crippen molar-refractivity contribution in [1.82, 2.24) is 0 Å². The number of rotatable bonds is 2. The summed E-state index contributed by atoms with van der Waals surface area (Å²) in [5.41, 5.74) is 3.39. The van der Waals surface area contributed by atoms with Gasteiger partial charge in [0.1, 0.15) is 0 Å². The summed E-state index contributed by atoms with van der Waals surface area (Å²) < 4.78 is 0. The molecule has 18 heavy (non-hydrogen) atoms. The average Bonchev–Trinajstić information content (AvgIpc) is 2.83. The van der Waals surface area contributed by atoms with Crippen molar-refractivity contribution >= 4 is 17.4 Å². The van der Waals surface area contributed by atoms with Crippen LogP contribution < -0.4 is 5.32 Å². The van der Waals surface area contributed by atoms with Crippen LogP contribution in [0.4, 0.5) is 5.69 Å². The lowest BCUT2D eigenvalue weighted by Crippen LogP contribution is -2.09. The van der Waals surface area contributed by atoms with Crippen molar-refractivity contribution in [2.75, 3.05) is 11.1 Å². The van der Waals surface area contributed by atoms with Gasteiger partial charge in [-0.25, -0.2) is 0 Å². The maximum atomic E-state index is 5.42. The molecule has 0 saturated heterocycles. The Labute approximate surface area is 112 Å². The minimum atomic E-state index is 0.374. The first kappa shape index (κ1) is 11.3. The molecule has 1 aliphatic rings. The Hall–Kier alpha value is -1.85. The molecule has 0 aromatic heterocycles. The van der Waals surface area contributed by atoms with Gasteiger partial charge in [0.05, 0.1) is 6.04 Å². The van der Waals surface area contributed by atoms with E-state index in [1.54, 1.807) is 0 Å². The van der Waals surface area contributed by atoms with Crippen LogP contribution >= 0.6 is 11.8 Å². The summed E-state index contributed by atoms with van der Waals surface area (Å²) in [6.07, 6.45) is 5.42. The molecule has 1 unspecified atom stereocenters. The van der Waals surface area contributed by atoms with Crippen LogP contribution in [0.2, 0.25) is 0 Å². The van der Waals surface area contributed by atoms with Crippen molar-refractivity contribution in [2.45, 2.75) is 10.9 Å². The predicted molar refractivity (Wildman–Crippen MR) is 77.9 cm³/mol. The molecule has 2 heteroatoms. The van der Waals surface area contributed by atoms with E-state index in [1.165, 1.54) is 10.5 Å². The molecule has 0 spiro atoms.